The van der Waals surface area contributed by atoms with Gasteiger partial charge in [0.05, 0.1) is 18.2 Å². The van der Waals surface area contributed by atoms with Crippen molar-refractivity contribution in [3.05, 3.63) is 43.1 Å². The molecule has 0 unspecified atom stereocenters. The normalized spacial score (nSPS) is 26.3. The summed E-state index contributed by atoms with van der Waals surface area (Å²) in [5.74, 6) is 0.0507. The summed E-state index contributed by atoms with van der Waals surface area (Å²) in [6, 6.07) is 5.37. The Hall–Kier alpha value is -3.07. The number of nitrogens with one attached hydrogen (secondary N) is 1. The maximum absolute atomic E-state index is 14.5. The molecule has 2 aliphatic heterocycles. The van der Waals surface area contributed by atoms with E-state index >= 15 is 0 Å². The lowest BCUT2D eigenvalue weighted by molar-refractivity contribution is 0.0386. The van der Waals surface area contributed by atoms with E-state index in [1.165, 1.54) is 6.20 Å². The summed E-state index contributed by atoms with van der Waals surface area (Å²) in [6.45, 7) is 0. The third kappa shape index (κ3) is 3.07. The molecule has 28 heavy (non-hydrogen) atoms. The van der Waals surface area contributed by atoms with Crippen LogP contribution in [0.2, 0.25) is 0 Å². The van der Waals surface area contributed by atoms with Gasteiger partial charge in [-0.05, 0) is 25.0 Å². The van der Waals surface area contributed by atoms with Crippen LogP contribution in [0, 0.1) is 0 Å². The Morgan fingerprint density at radius 3 is 2.93 bits per heavy atom. The first-order valence-corrected chi connectivity index (χ1v) is 9.25. The number of halogens is 1. The van der Waals surface area contributed by atoms with Crippen LogP contribution < -0.4 is 10.1 Å². The fraction of sp³-hybridized carbons (Fsp3) is 0.368. The van der Waals surface area contributed by atoms with Crippen molar-refractivity contribution in [2.75, 3.05) is 0 Å². The highest BCUT2D eigenvalue weighted by Gasteiger charge is 2.43. The second kappa shape index (κ2) is 6.83. The van der Waals surface area contributed by atoms with Gasteiger partial charge in [-0.2, -0.15) is 0 Å². The Bertz CT molecular complexity index is 965. The molecule has 2 aromatic heterocycles. The van der Waals surface area contributed by atoms with Crippen LogP contribution in [0.15, 0.2) is 43.1 Å². The van der Waals surface area contributed by atoms with Crippen LogP contribution >= 0.6 is 0 Å². The summed E-state index contributed by atoms with van der Waals surface area (Å²) in [6.07, 6.45) is 7.32. The van der Waals surface area contributed by atoms with Crippen molar-refractivity contribution in [3.8, 4) is 28.7 Å². The van der Waals surface area contributed by atoms with Crippen LogP contribution in [0.4, 0.5) is 4.39 Å². The van der Waals surface area contributed by atoms with Crippen LogP contribution in [0.3, 0.4) is 0 Å². The molecule has 0 saturated carbocycles. The molecular formula is C19H19FN6O2. The number of rotatable bonds is 4. The summed E-state index contributed by atoms with van der Waals surface area (Å²) in [4.78, 5) is 8.15. The molecule has 0 aliphatic carbocycles. The Balaban J connectivity index is 1.32. The Kier molecular flexibility index (Phi) is 4.16. The second-order valence-electron chi connectivity index (χ2n) is 7.18. The summed E-state index contributed by atoms with van der Waals surface area (Å²) in [7, 11) is 0. The van der Waals surface area contributed by atoms with E-state index in [0.29, 0.717) is 23.7 Å². The SMILES string of the molecule is Oc1cc(-n2ccnc2)ccc1-c1cnc(O[C@H]2C[C@@H]3CC[C@@H](N3)[C@@H]2F)nn1. The molecule has 8 nitrogen and oxygen atoms in total. The smallest absolute Gasteiger partial charge is 0.336 e. The molecule has 0 radical (unpaired) electrons. The molecule has 2 saturated heterocycles. The van der Waals surface area contributed by atoms with Gasteiger partial charge in [0.25, 0.3) is 0 Å². The first-order chi connectivity index (χ1) is 13.7. The maximum Gasteiger partial charge on any atom is 0.336 e. The average molecular weight is 382 g/mol. The average Bonchev–Trinajstić information content (AvgIpc) is 3.37. The molecule has 144 valence electrons. The van der Waals surface area contributed by atoms with Crippen LogP contribution in [0.5, 0.6) is 11.8 Å². The molecule has 2 N–H and O–H groups in total. The highest BCUT2D eigenvalue weighted by Crippen LogP contribution is 2.32. The summed E-state index contributed by atoms with van der Waals surface area (Å²) in [5.41, 5.74) is 1.68. The maximum atomic E-state index is 14.5. The fourth-order valence-corrected chi connectivity index (χ4v) is 3.96. The number of phenols is 1. The molecule has 2 bridgehead atoms. The Morgan fingerprint density at radius 2 is 2.18 bits per heavy atom. The number of ether oxygens (including phenoxy) is 1. The van der Waals surface area contributed by atoms with Gasteiger partial charge in [-0.3, -0.25) is 0 Å². The Morgan fingerprint density at radius 1 is 1.25 bits per heavy atom. The van der Waals surface area contributed by atoms with Crippen molar-refractivity contribution in [1.82, 2.24) is 30.0 Å². The predicted molar refractivity (Wildman–Crippen MR) is 97.9 cm³/mol. The van der Waals surface area contributed by atoms with Gasteiger partial charge in [0.15, 0.2) is 6.17 Å². The van der Waals surface area contributed by atoms with Gasteiger partial charge in [-0.15, -0.1) is 5.10 Å². The zero-order chi connectivity index (χ0) is 19.1. The van der Waals surface area contributed by atoms with Crippen LogP contribution in [-0.4, -0.2) is 54.2 Å². The summed E-state index contributed by atoms with van der Waals surface area (Å²) >= 11 is 0. The van der Waals surface area contributed by atoms with Gasteiger partial charge in [0.2, 0.25) is 0 Å². The molecule has 9 heteroatoms. The molecule has 0 spiro atoms. The number of aromatic hydroxyl groups is 1. The minimum Gasteiger partial charge on any atom is -0.507 e. The first kappa shape index (κ1) is 17.1. The van der Waals surface area contributed by atoms with Gasteiger partial charge >= 0.3 is 6.01 Å². The third-order valence-electron chi connectivity index (χ3n) is 5.39. The third-order valence-corrected chi connectivity index (χ3v) is 5.39. The van der Waals surface area contributed by atoms with Crippen molar-refractivity contribution in [1.29, 1.82) is 0 Å². The van der Waals surface area contributed by atoms with Gasteiger partial charge in [-0.25, -0.2) is 14.4 Å². The fourth-order valence-electron chi connectivity index (χ4n) is 3.96. The minimum atomic E-state index is -1.08. The van der Waals surface area contributed by atoms with Gasteiger partial charge in [-0.1, -0.05) is 5.10 Å². The van der Waals surface area contributed by atoms with Crippen molar-refractivity contribution in [2.45, 2.75) is 43.6 Å². The van der Waals surface area contributed by atoms with E-state index in [-0.39, 0.29) is 17.8 Å². The lowest BCUT2D eigenvalue weighted by atomic mass is 10.0. The number of benzene rings is 1. The van der Waals surface area contributed by atoms with Crippen molar-refractivity contribution >= 4 is 0 Å². The lowest BCUT2D eigenvalue weighted by Crippen LogP contribution is -2.51. The van der Waals surface area contributed by atoms with E-state index in [9.17, 15) is 9.50 Å². The Labute approximate surface area is 160 Å². The number of fused-ring (bicyclic) bond motifs is 2. The number of imidazole rings is 1. The molecule has 2 fully saturated rings. The molecule has 2 aliphatic rings. The topological polar surface area (TPSA) is 98.0 Å². The standard InChI is InChI=1S/C19H19FN6O2/c20-18-14-4-1-11(23-14)7-17(18)28-19-22-9-15(24-25-19)13-3-2-12(8-16(13)27)26-6-5-21-10-26/h2-3,5-6,8-11,14,17-18,23,27H,1,4,7H2/t11-,14+,17-,18-/m0/s1. The molecule has 4 heterocycles. The highest BCUT2D eigenvalue weighted by atomic mass is 19.1. The van der Waals surface area contributed by atoms with E-state index < -0.39 is 12.3 Å². The number of nitrogens with zero attached hydrogens (tertiary/aromatic N) is 5. The van der Waals surface area contributed by atoms with Gasteiger partial charge < -0.3 is 19.7 Å². The number of aromatic nitrogens is 5. The van der Waals surface area contributed by atoms with E-state index in [1.807, 2.05) is 6.07 Å². The summed E-state index contributed by atoms with van der Waals surface area (Å²) < 4.78 is 21.9. The highest BCUT2D eigenvalue weighted by molar-refractivity contribution is 5.67. The minimum absolute atomic E-state index is 0.0484. The monoisotopic (exact) mass is 382 g/mol. The van der Waals surface area contributed by atoms with Crippen LogP contribution in [0.25, 0.3) is 16.9 Å². The first-order valence-electron chi connectivity index (χ1n) is 9.25. The van der Waals surface area contributed by atoms with Gasteiger partial charge in [0.1, 0.15) is 17.5 Å². The molecule has 3 aromatic rings. The largest absolute Gasteiger partial charge is 0.507 e. The zero-order valence-electron chi connectivity index (χ0n) is 14.9. The number of piperidine rings is 1. The van der Waals surface area contributed by atoms with Crippen molar-refractivity contribution < 1.29 is 14.2 Å². The zero-order valence-corrected chi connectivity index (χ0v) is 14.9. The number of phenolic OH excluding ortho intramolecular Hbond substituents is 1. The molecule has 1 aromatic carbocycles. The molecule has 5 rings (SSSR count). The van der Waals surface area contributed by atoms with Gasteiger partial charge in [0, 0.05) is 42.5 Å². The van der Waals surface area contributed by atoms with E-state index in [4.69, 9.17) is 4.74 Å². The predicted octanol–water partition coefficient (Wildman–Crippen LogP) is 2.04. The van der Waals surface area contributed by atoms with Crippen molar-refractivity contribution in [2.24, 2.45) is 0 Å². The quantitative estimate of drug-likeness (QED) is 0.712. The number of hydrogen-bond acceptors (Lipinski definition) is 7. The van der Waals surface area contributed by atoms with Crippen LogP contribution in [0.1, 0.15) is 19.3 Å². The summed E-state index contributed by atoms with van der Waals surface area (Å²) in [5, 5.41) is 21.7. The van der Waals surface area contributed by atoms with Crippen LogP contribution in [-0.2, 0) is 0 Å². The molecule has 0 amide bonds. The number of alkyl halides is 1. The molecule has 4 atom stereocenters. The lowest BCUT2D eigenvalue weighted by Gasteiger charge is -2.31. The molecular weight excluding hydrogens is 363 g/mol. The van der Waals surface area contributed by atoms with E-state index in [0.717, 1.165) is 18.5 Å². The van der Waals surface area contributed by atoms with E-state index in [2.05, 4.69) is 25.5 Å². The van der Waals surface area contributed by atoms with Crippen molar-refractivity contribution in [3.63, 3.8) is 0 Å². The number of hydrogen-bond donors (Lipinski definition) is 2. The second-order valence-corrected chi connectivity index (χ2v) is 7.18. The van der Waals surface area contributed by atoms with E-state index in [1.54, 1.807) is 35.4 Å².